The van der Waals surface area contributed by atoms with E-state index in [0.29, 0.717) is 6.42 Å². The molecule has 1 heterocycles. The Kier molecular flexibility index (Phi) is 5.85. The first-order valence-electron chi connectivity index (χ1n) is 8.04. The first kappa shape index (κ1) is 16.1. The van der Waals surface area contributed by atoms with Crippen molar-refractivity contribution in [3.8, 4) is 0 Å². The molecule has 2 amide bonds. The molecule has 0 bridgehead atoms. The Hall–Kier alpha value is -1.30. The van der Waals surface area contributed by atoms with Crippen molar-refractivity contribution in [1.82, 2.24) is 15.5 Å². The molecule has 6 heteroatoms. The van der Waals surface area contributed by atoms with E-state index >= 15 is 0 Å². The van der Waals surface area contributed by atoms with Crippen LogP contribution in [-0.2, 0) is 4.79 Å². The minimum atomic E-state index is -0.792. The van der Waals surface area contributed by atoms with Gasteiger partial charge in [0.1, 0.15) is 0 Å². The molecule has 120 valence electrons. The number of carbonyl (C=O) groups excluding carboxylic acids is 1. The van der Waals surface area contributed by atoms with Crippen molar-refractivity contribution in [3.63, 3.8) is 0 Å². The number of nitrogens with one attached hydrogen (secondary N) is 2. The molecule has 1 saturated heterocycles. The van der Waals surface area contributed by atoms with E-state index in [1.54, 1.807) is 0 Å². The van der Waals surface area contributed by atoms with E-state index in [2.05, 4.69) is 22.6 Å². The number of rotatable bonds is 3. The van der Waals surface area contributed by atoms with Crippen LogP contribution in [0.25, 0.3) is 0 Å². The molecule has 1 aliphatic heterocycles. The van der Waals surface area contributed by atoms with Gasteiger partial charge in [0, 0.05) is 18.6 Å². The predicted octanol–water partition coefficient (Wildman–Crippen LogP) is 1.41. The molecule has 2 fully saturated rings. The van der Waals surface area contributed by atoms with E-state index in [4.69, 9.17) is 0 Å². The fraction of sp³-hybridized carbons (Fsp3) is 0.867. The topological polar surface area (TPSA) is 81.7 Å². The van der Waals surface area contributed by atoms with Crippen LogP contribution in [-0.4, -0.2) is 54.2 Å². The van der Waals surface area contributed by atoms with Gasteiger partial charge in [-0.05, 0) is 39.3 Å². The number of hydrogen-bond donors (Lipinski definition) is 3. The number of carbonyl (C=O) groups is 2. The van der Waals surface area contributed by atoms with Gasteiger partial charge >= 0.3 is 12.0 Å². The van der Waals surface area contributed by atoms with Crippen molar-refractivity contribution in [2.45, 2.75) is 57.0 Å². The number of aliphatic carboxylic acids is 1. The molecular weight excluding hydrogens is 270 g/mol. The number of urea groups is 1. The van der Waals surface area contributed by atoms with E-state index in [9.17, 15) is 14.7 Å². The first-order chi connectivity index (χ1) is 10.1. The maximum Gasteiger partial charge on any atom is 0.315 e. The van der Waals surface area contributed by atoms with Gasteiger partial charge in [-0.15, -0.1) is 0 Å². The molecule has 1 aliphatic carbocycles. The van der Waals surface area contributed by atoms with Gasteiger partial charge in [-0.2, -0.15) is 0 Å². The zero-order chi connectivity index (χ0) is 15.2. The second kappa shape index (κ2) is 7.64. The quantitative estimate of drug-likeness (QED) is 0.688. The van der Waals surface area contributed by atoms with E-state index < -0.39 is 11.9 Å². The van der Waals surface area contributed by atoms with Gasteiger partial charge < -0.3 is 20.6 Å². The highest BCUT2D eigenvalue weighted by Crippen LogP contribution is 2.23. The lowest BCUT2D eigenvalue weighted by atomic mass is 9.95. The Labute approximate surface area is 126 Å². The summed E-state index contributed by atoms with van der Waals surface area (Å²) in [5.41, 5.74) is 0. The largest absolute Gasteiger partial charge is 0.481 e. The Bertz CT molecular complexity index is 375. The van der Waals surface area contributed by atoms with E-state index in [0.717, 1.165) is 51.6 Å². The summed E-state index contributed by atoms with van der Waals surface area (Å²) in [6.07, 6.45) is 6.47. The Morgan fingerprint density at radius 1 is 1.05 bits per heavy atom. The maximum absolute atomic E-state index is 12.1. The highest BCUT2D eigenvalue weighted by molar-refractivity contribution is 5.77. The number of piperidine rings is 1. The Balaban J connectivity index is 1.85. The highest BCUT2D eigenvalue weighted by atomic mass is 16.4. The first-order valence-corrected chi connectivity index (χ1v) is 8.04. The van der Waals surface area contributed by atoms with Crippen LogP contribution in [0.15, 0.2) is 0 Å². The molecule has 3 atom stereocenters. The molecule has 1 saturated carbocycles. The summed E-state index contributed by atoms with van der Waals surface area (Å²) in [6, 6.07) is -0.294. The predicted molar refractivity (Wildman–Crippen MR) is 80.2 cm³/mol. The van der Waals surface area contributed by atoms with Crippen molar-refractivity contribution in [2.24, 2.45) is 5.92 Å². The van der Waals surface area contributed by atoms with Gasteiger partial charge in [0.05, 0.1) is 5.92 Å². The number of nitrogens with zero attached hydrogens (tertiary/aromatic N) is 1. The summed E-state index contributed by atoms with van der Waals surface area (Å²) in [4.78, 5) is 25.7. The van der Waals surface area contributed by atoms with Gasteiger partial charge in [-0.25, -0.2) is 4.79 Å². The van der Waals surface area contributed by atoms with E-state index in [-0.39, 0.29) is 18.1 Å². The van der Waals surface area contributed by atoms with Gasteiger partial charge in [0.2, 0.25) is 0 Å². The van der Waals surface area contributed by atoms with Crippen molar-refractivity contribution in [1.29, 1.82) is 0 Å². The molecule has 2 aliphatic rings. The third-order valence-corrected chi connectivity index (χ3v) is 4.61. The number of carboxylic acids is 1. The van der Waals surface area contributed by atoms with Gasteiger partial charge in [-0.3, -0.25) is 4.79 Å². The average molecular weight is 297 g/mol. The van der Waals surface area contributed by atoms with Crippen molar-refractivity contribution >= 4 is 12.0 Å². The lowest BCUT2D eigenvalue weighted by Crippen LogP contribution is -2.53. The summed E-state index contributed by atoms with van der Waals surface area (Å²) < 4.78 is 0. The van der Waals surface area contributed by atoms with Crippen molar-refractivity contribution < 1.29 is 14.7 Å². The van der Waals surface area contributed by atoms with Crippen molar-refractivity contribution in [3.05, 3.63) is 0 Å². The highest BCUT2D eigenvalue weighted by Gasteiger charge is 2.31. The van der Waals surface area contributed by atoms with Crippen LogP contribution in [0.5, 0.6) is 0 Å². The molecule has 0 aromatic rings. The maximum atomic E-state index is 12.1. The molecule has 0 spiro atoms. The van der Waals surface area contributed by atoms with E-state index in [1.807, 2.05) is 0 Å². The molecular formula is C15H27N3O3. The molecule has 0 radical (unpaired) electrons. The number of amides is 2. The smallest absolute Gasteiger partial charge is 0.315 e. The number of hydrogen-bond acceptors (Lipinski definition) is 3. The molecule has 0 aromatic carbocycles. The molecule has 0 aromatic heterocycles. The number of likely N-dealkylation sites (N-methyl/N-ethyl adjacent to an activating group) is 1. The summed E-state index contributed by atoms with van der Waals surface area (Å²) >= 11 is 0. The van der Waals surface area contributed by atoms with Crippen molar-refractivity contribution in [2.75, 3.05) is 20.1 Å². The van der Waals surface area contributed by atoms with Crippen LogP contribution in [0.3, 0.4) is 0 Å². The number of carboxylic acid groups (broad SMARTS) is 1. The van der Waals surface area contributed by atoms with Crippen LogP contribution >= 0.6 is 0 Å². The standard InChI is InChI=1S/C15H27N3O3/c1-18-9-5-6-11(10-18)16-15(21)17-13-8-4-2-3-7-12(13)14(19)20/h11-13H,2-10H2,1H3,(H,19,20)(H2,16,17,21). The Morgan fingerprint density at radius 2 is 1.81 bits per heavy atom. The van der Waals surface area contributed by atoms with Gasteiger partial charge in [0.15, 0.2) is 0 Å². The molecule has 21 heavy (non-hydrogen) atoms. The van der Waals surface area contributed by atoms with Crippen LogP contribution in [0, 0.1) is 5.92 Å². The SMILES string of the molecule is CN1CCCC(NC(=O)NC2CCCCCC2C(=O)O)C1. The minimum absolute atomic E-state index is 0.165. The Morgan fingerprint density at radius 3 is 2.52 bits per heavy atom. The molecule has 3 N–H and O–H groups in total. The summed E-state index contributed by atoms with van der Waals surface area (Å²) in [6.45, 7) is 1.93. The van der Waals surface area contributed by atoms with Gasteiger partial charge in [0.25, 0.3) is 0 Å². The normalized spacial score (nSPS) is 31.2. The second-order valence-corrected chi connectivity index (χ2v) is 6.41. The fourth-order valence-corrected chi connectivity index (χ4v) is 3.46. The minimum Gasteiger partial charge on any atom is -0.481 e. The summed E-state index contributed by atoms with van der Waals surface area (Å²) in [7, 11) is 2.05. The van der Waals surface area contributed by atoms with Crippen LogP contribution in [0.4, 0.5) is 4.79 Å². The molecule has 2 rings (SSSR count). The third-order valence-electron chi connectivity index (χ3n) is 4.61. The zero-order valence-electron chi connectivity index (χ0n) is 12.8. The van der Waals surface area contributed by atoms with Crippen LogP contribution in [0.2, 0.25) is 0 Å². The fourth-order valence-electron chi connectivity index (χ4n) is 3.46. The average Bonchev–Trinajstić information content (AvgIpc) is 2.64. The third kappa shape index (κ3) is 4.88. The monoisotopic (exact) mass is 297 g/mol. The number of likely N-dealkylation sites (tertiary alicyclic amines) is 1. The van der Waals surface area contributed by atoms with Crippen LogP contribution in [0.1, 0.15) is 44.9 Å². The lowest BCUT2D eigenvalue weighted by Gasteiger charge is -2.31. The van der Waals surface area contributed by atoms with Crippen LogP contribution < -0.4 is 10.6 Å². The lowest BCUT2D eigenvalue weighted by molar-refractivity contribution is -0.142. The zero-order valence-corrected chi connectivity index (χ0v) is 12.8. The second-order valence-electron chi connectivity index (χ2n) is 6.41. The summed E-state index contributed by atoms with van der Waals surface area (Å²) in [5.74, 6) is -1.24. The van der Waals surface area contributed by atoms with E-state index in [1.165, 1.54) is 0 Å². The van der Waals surface area contributed by atoms with Gasteiger partial charge in [-0.1, -0.05) is 19.3 Å². The molecule has 3 unspecified atom stereocenters. The summed E-state index contributed by atoms with van der Waals surface area (Å²) in [5, 5.41) is 15.2. The molecule has 6 nitrogen and oxygen atoms in total.